The third kappa shape index (κ3) is 5.57. The number of allylic oxidation sites excluding steroid dienone is 6. The van der Waals surface area contributed by atoms with Gasteiger partial charge in [-0.1, -0.05) is 47.6 Å². The summed E-state index contributed by atoms with van der Waals surface area (Å²) in [4.78, 5) is 0. The minimum atomic E-state index is 0.0775. The van der Waals surface area contributed by atoms with Crippen molar-refractivity contribution in [2.75, 3.05) is 13.7 Å². The maximum absolute atomic E-state index is 8.82. The van der Waals surface area contributed by atoms with E-state index in [-0.39, 0.29) is 6.61 Å². The van der Waals surface area contributed by atoms with E-state index < -0.39 is 0 Å². The van der Waals surface area contributed by atoms with Gasteiger partial charge in [-0.2, -0.15) is 0 Å². The summed E-state index contributed by atoms with van der Waals surface area (Å²) in [6, 6.07) is 2.09. The van der Waals surface area contributed by atoms with Crippen molar-refractivity contribution < 1.29 is 9.84 Å². The van der Waals surface area contributed by atoms with Gasteiger partial charge in [0.25, 0.3) is 0 Å². The Bertz CT molecular complexity index is 659. The molecular weight excluding hydrogens is 284 g/mol. The highest BCUT2D eigenvalue weighted by molar-refractivity contribution is 5.64. The van der Waals surface area contributed by atoms with E-state index in [1.54, 1.807) is 13.2 Å². The number of aliphatic hydroxyl groups is 1. The van der Waals surface area contributed by atoms with Crippen LogP contribution in [0.3, 0.4) is 0 Å². The van der Waals surface area contributed by atoms with Gasteiger partial charge in [0, 0.05) is 0 Å². The molecule has 0 aliphatic rings. The smallest absolute Gasteiger partial charge is 0.122 e. The number of aliphatic hydroxyl groups excluding tert-OH is 1. The standard InChI is InChI=1S/C21H28O2/c1-15(8-7-9-16(2)12-13-22)10-11-20-17(3)14-21(23-6)19(5)18(20)4/h7-12,14,22H,13H2,1-6H3/b9-7-,11-10-,15-8-,16-12-. The van der Waals surface area contributed by atoms with Crippen molar-refractivity contribution in [2.45, 2.75) is 34.6 Å². The van der Waals surface area contributed by atoms with Crippen LogP contribution >= 0.6 is 0 Å². The molecule has 0 bridgehead atoms. The Labute approximate surface area is 140 Å². The highest BCUT2D eigenvalue weighted by atomic mass is 16.5. The highest BCUT2D eigenvalue weighted by Gasteiger charge is 2.08. The largest absolute Gasteiger partial charge is 0.496 e. The lowest BCUT2D eigenvalue weighted by Gasteiger charge is -2.13. The lowest BCUT2D eigenvalue weighted by atomic mass is 9.96. The lowest BCUT2D eigenvalue weighted by Crippen LogP contribution is -1.95. The molecule has 0 spiro atoms. The minimum absolute atomic E-state index is 0.0775. The molecule has 23 heavy (non-hydrogen) atoms. The summed E-state index contributed by atoms with van der Waals surface area (Å²) >= 11 is 0. The maximum atomic E-state index is 8.82. The van der Waals surface area contributed by atoms with Crippen molar-refractivity contribution in [3.05, 3.63) is 69.8 Å². The highest BCUT2D eigenvalue weighted by Crippen LogP contribution is 2.28. The number of hydrogen-bond acceptors (Lipinski definition) is 2. The van der Waals surface area contributed by atoms with Gasteiger partial charge in [-0.25, -0.2) is 0 Å². The zero-order valence-corrected chi connectivity index (χ0v) is 15.1. The third-order valence-corrected chi connectivity index (χ3v) is 3.97. The Hall–Kier alpha value is -2.06. The number of rotatable bonds is 6. The van der Waals surface area contributed by atoms with Crippen LogP contribution < -0.4 is 4.74 Å². The van der Waals surface area contributed by atoms with Gasteiger partial charge in [0.2, 0.25) is 0 Å². The van der Waals surface area contributed by atoms with Crippen LogP contribution in [0, 0.1) is 20.8 Å². The molecule has 0 aromatic heterocycles. The number of ether oxygens (including phenoxy) is 1. The summed E-state index contributed by atoms with van der Waals surface area (Å²) in [6.45, 7) is 10.5. The van der Waals surface area contributed by atoms with E-state index in [2.05, 4.69) is 52.0 Å². The van der Waals surface area contributed by atoms with Crippen molar-refractivity contribution in [1.82, 2.24) is 0 Å². The minimum Gasteiger partial charge on any atom is -0.496 e. The quantitative estimate of drug-likeness (QED) is 0.743. The van der Waals surface area contributed by atoms with E-state index in [0.717, 1.165) is 11.3 Å². The second kappa shape index (κ2) is 9.16. The summed E-state index contributed by atoms with van der Waals surface area (Å²) in [7, 11) is 1.71. The molecule has 1 aromatic rings. The van der Waals surface area contributed by atoms with Crippen LogP contribution in [-0.4, -0.2) is 18.8 Å². The van der Waals surface area contributed by atoms with Crippen molar-refractivity contribution in [3.63, 3.8) is 0 Å². The predicted octanol–water partition coefficient (Wildman–Crippen LogP) is 5.07. The average molecular weight is 312 g/mol. The average Bonchev–Trinajstić information content (AvgIpc) is 2.51. The molecule has 0 radical (unpaired) electrons. The lowest BCUT2D eigenvalue weighted by molar-refractivity contribution is 0.342. The molecular formula is C21H28O2. The molecule has 0 heterocycles. The van der Waals surface area contributed by atoms with Crippen LogP contribution in [0.5, 0.6) is 5.75 Å². The molecule has 0 amide bonds. The van der Waals surface area contributed by atoms with E-state index in [0.29, 0.717) is 0 Å². The predicted molar refractivity (Wildman–Crippen MR) is 100.0 cm³/mol. The summed E-state index contributed by atoms with van der Waals surface area (Å²) in [5.74, 6) is 0.943. The summed E-state index contributed by atoms with van der Waals surface area (Å²) < 4.78 is 5.41. The van der Waals surface area contributed by atoms with Gasteiger partial charge in [-0.05, 0) is 62.9 Å². The van der Waals surface area contributed by atoms with Crippen molar-refractivity contribution >= 4 is 6.08 Å². The Kier molecular flexibility index (Phi) is 7.56. The maximum Gasteiger partial charge on any atom is 0.122 e. The van der Waals surface area contributed by atoms with E-state index >= 15 is 0 Å². The van der Waals surface area contributed by atoms with Crippen LogP contribution in [0.25, 0.3) is 6.08 Å². The molecule has 0 unspecified atom stereocenters. The molecule has 0 atom stereocenters. The number of aryl methyl sites for hydroxylation is 1. The Morgan fingerprint density at radius 1 is 1.09 bits per heavy atom. The summed E-state index contributed by atoms with van der Waals surface area (Å²) in [5, 5.41) is 8.82. The van der Waals surface area contributed by atoms with Gasteiger partial charge in [-0.15, -0.1) is 0 Å². The summed E-state index contributed by atoms with van der Waals surface area (Å²) in [6.07, 6.45) is 12.1. The van der Waals surface area contributed by atoms with Crippen LogP contribution in [0.1, 0.15) is 36.1 Å². The molecule has 1 aromatic carbocycles. The second-order valence-corrected chi connectivity index (χ2v) is 5.79. The van der Waals surface area contributed by atoms with Crippen LogP contribution in [0.4, 0.5) is 0 Å². The first-order chi connectivity index (χ1) is 10.9. The van der Waals surface area contributed by atoms with Gasteiger partial charge in [0.05, 0.1) is 13.7 Å². The topological polar surface area (TPSA) is 29.5 Å². The molecule has 0 aliphatic carbocycles. The molecule has 0 aliphatic heterocycles. The van der Waals surface area contributed by atoms with Crippen molar-refractivity contribution in [3.8, 4) is 5.75 Å². The van der Waals surface area contributed by atoms with Gasteiger partial charge in [-0.3, -0.25) is 0 Å². The molecule has 0 saturated carbocycles. The zero-order chi connectivity index (χ0) is 17.4. The van der Waals surface area contributed by atoms with Crippen molar-refractivity contribution in [1.29, 1.82) is 0 Å². The number of methoxy groups -OCH3 is 1. The molecule has 2 heteroatoms. The second-order valence-electron chi connectivity index (χ2n) is 5.79. The number of hydrogen-bond donors (Lipinski definition) is 1. The molecule has 2 nitrogen and oxygen atoms in total. The van der Waals surface area contributed by atoms with Crippen molar-refractivity contribution in [2.24, 2.45) is 0 Å². The van der Waals surface area contributed by atoms with E-state index in [9.17, 15) is 0 Å². The zero-order valence-electron chi connectivity index (χ0n) is 15.1. The van der Waals surface area contributed by atoms with E-state index in [1.807, 2.05) is 19.1 Å². The molecule has 1 rings (SSSR count). The number of benzene rings is 1. The Balaban J connectivity index is 2.97. The van der Waals surface area contributed by atoms with Gasteiger partial charge in [0.1, 0.15) is 5.75 Å². The SMILES string of the molecule is COc1cc(C)c(\C=C/C(C)=C\C=C/C(C)=C\CO)c(C)c1C. The molecule has 0 saturated heterocycles. The van der Waals surface area contributed by atoms with Crippen LogP contribution in [0.2, 0.25) is 0 Å². The van der Waals surface area contributed by atoms with Gasteiger partial charge in [0.15, 0.2) is 0 Å². The first kappa shape index (κ1) is 19.0. The first-order valence-electron chi connectivity index (χ1n) is 7.86. The van der Waals surface area contributed by atoms with Gasteiger partial charge >= 0.3 is 0 Å². The monoisotopic (exact) mass is 312 g/mol. The third-order valence-electron chi connectivity index (χ3n) is 3.97. The Morgan fingerprint density at radius 3 is 2.39 bits per heavy atom. The fraction of sp³-hybridized carbons (Fsp3) is 0.333. The van der Waals surface area contributed by atoms with E-state index in [1.165, 1.54) is 27.8 Å². The Morgan fingerprint density at radius 2 is 1.78 bits per heavy atom. The fourth-order valence-electron chi connectivity index (χ4n) is 2.37. The van der Waals surface area contributed by atoms with Crippen LogP contribution in [0.15, 0.2) is 47.6 Å². The van der Waals surface area contributed by atoms with E-state index in [4.69, 9.17) is 9.84 Å². The fourth-order valence-corrected chi connectivity index (χ4v) is 2.37. The van der Waals surface area contributed by atoms with Crippen LogP contribution in [-0.2, 0) is 0 Å². The molecule has 124 valence electrons. The normalized spacial score (nSPS) is 13.3. The molecule has 0 fully saturated rings. The molecule has 1 N–H and O–H groups in total. The van der Waals surface area contributed by atoms with Gasteiger partial charge < -0.3 is 9.84 Å². The summed E-state index contributed by atoms with van der Waals surface area (Å²) in [5.41, 5.74) is 7.12. The first-order valence-corrected chi connectivity index (χ1v) is 7.86.